The van der Waals surface area contributed by atoms with Gasteiger partial charge >= 0.3 is 0 Å². The Labute approximate surface area is 105 Å². The maximum Gasteiger partial charge on any atom is 0.143 e. The van der Waals surface area contributed by atoms with E-state index in [1.54, 1.807) is 0 Å². The van der Waals surface area contributed by atoms with Crippen molar-refractivity contribution in [3.63, 3.8) is 0 Å². The molecule has 1 aromatic heterocycles. The molecule has 3 nitrogen and oxygen atoms in total. The Morgan fingerprint density at radius 2 is 2.00 bits per heavy atom. The summed E-state index contributed by atoms with van der Waals surface area (Å²) in [6.45, 7) is 6.42. The Balaban J connectivity index is 3.19. The largest absolute Gasteiger partial charge is 0.372 e. The molecule has 0 amide bonds. The number of rotatable bonds is 4. The fourth-order valence-electron chi connectivity index (χ4n) is 1.34. The molecule has 84 valence electrons. The SMILES string of the molecule is CCCc1nc(C(C)C)nc(NC)c1I. The van der Waals surface area contributed by atoms with Crippen molar-refractivity contribution >= 4 is 28.4 Å². The molecule has 0 aromatic carbocycles. The van der Waals surface area contributed by atoms with Crippen LogP contribution >= 0.6 is 22.6 Å². The maximum absolute atomic E-state index is 4.61. The second-order valence-corrected chi connectivity index (χ2v) is 4.92. The molecule has 0 atom stereocenters. The first-order valence-corrected chi connectivity index (χ1v) is 6.42. The Hall–Kier alpha value is -0.390. The van der Waals surface area contributed by atoms with Crippen LogP contribution in [0.2, 0.25) is 0 Å². The van der Waals surface area contributed by atoms with Gasteiger partial charge in [-0.25, -0.2) is 9.97 Å². The fraction of sp³-hybridized carbons (Fsp3) is 0.636. The number of aromatic nitrogens is 2. The molecule has 1 N–H and O–H groups in total. The Morgan fingerprint density at radius 1 is 1.33 bits per heavy atom. The van der Waals surface area contributed by atoms with Crippen LogP contribution in [0.4, 0.5) is 5.82 Å². The number of anilines is 1. The van der Waals surface area contributed by atoms with E-state index in [-0.39, 0.29) is 0 Å². The minimum absolute atomic E-state index is 0.379. The summed E-state index contributed by atoms with van der Waals surface area (Å²) in [7, 11) is 1.91. The normalized spacial score (nSPS) is 10.8. The van der Waals surface area contributed by atoms with Crippen LogP contribution in [0, 0.1) is 3.57 Å². The van der Waals surface area contributed by atoms with Gasteiger partial charge in [-0.2, -0.15) is 0 Å². The highest BCUT2D eigenvalue weighted by atomic mass is 127. The molecule has 0 unspecified atom stereocenters. The van der Waals surface area contributed by atoms with Crippen molar-refractivity contribution < 1.29 is 0 Å². The van der Waals surface area contributed by atoms with E-state index in [0.717, 1.165) is 28.1 Å². The van der Waals surface area contributed by atoms with Gasteiger partial charge in [-0.3, -0.25) is 0 Å². The summed E-state index contributed by atoms with van der Waals surface area (Å²) < 4.78 is 1.15. The Bertz CT molecular complexity index is 337. The molecule has 1 heterocycles. The van der Waals surface area contributed by atoms with Crippen LogP contribution in [0.5, 0.6) is 0 Å². The van der Waals surface area contributed by atoms with E-state index in [9.17, 15) is 0 Å². The van der Waals surface area contributed by atoms with Crippen molar-refractivity contribution in [3.05, 3.63) is 15.1 Å². The standard InChI is InChI=1S/C11H18IN3/c1-5-6-8-9(12)11(13-4)15-10(14-8)7(2)3/h7H,5-6H2,1-4H3,(H,13,14,15). The average molecular weight is 319 g/mol. The number of aryl methyl sites for hydroxylation is 1. The Kier molecular flexibility index (Phi) is 4.76. The lowest BCUT2D eigenvalue weighted by Crippen LogP contribution is -2.08. The summed E-state index contributed by atoms with van der Waals surface area (Å²) in [4.78, 5) is 9.11. The number of nitrogens with one attached hydrogen (secondary N) is 1. The first-order valence-electron chi connectivity index (χ1n) is 5.34. The smallest absolute Gasteiger partial charge is 0.143 e. The van der Waals surface area contributed by atoms with E-state index in [2.05, 4.69) is 58.6 Å². The zero-order valence-corrected chi connectivity index (χ0v) is 11.9. The molecule has 4 heteroatoms. The van der Waals surface area contributed by atoms with E-state index in [1.807, 2.05) is 7.05 Å². The van der Waals surface area contributed by atoms with Gasteiger partial charge in [0.1, 0.15) is 11.6 Å². The van der Waals surface area contributed by atoms with Gasteiger partial charge in [-0.1, -0.05) is 27.2 Å². The molecular weight excluding hydrogens is 301 g/mol. The maximum atomic E-state index is 4.61. The monoisotopic (exact) mass is 319 g/mol. The third kappa shape index (κ3) is 3.03. The molecule has 1 rings (SSSR count). The first-order chi connectivity index (χ1) is 7.10. The van der Waals surface area contributed by atoms with Crippen LogP contribution in [-0.2, 0) is 6.42 Å². The van der Waals surface area contributed by atoms with E-state index < -0.39 is 0 Å². The van der Waals surface area contributed by atoms with Crippen LogP contribution in [0.15, 0.2) is 0 Å². The number of hydrogen-bond donors (Lipinski definition) is 1. The van der Waals surface area contributed by atoms with Crippen molar-refractivity contribution in [1.82, 2.24) is 9.97 Å². The van der Waals surface area contributed by atoms with Gasteiger partial charge in [-0.15, -0.1) is 0 Å². The van der Waals surface area contributed by atoms with Gasteiger partial charge in [0, 0.05) is 13.0 Å². The Morgan fingerprint density at radius 3 is 2.47 bits per heavy atom. The molecule has 0 aliphatic rings. The number of nitrogens with zero attached hydrogens (tertiary/aromatic N) is 2. The predicted molar refractivity (Wildman–Crippen MR) is 72.4 cm³/mol. The molecule has 0 saturated heterocycles. The molecule has 0 spiro atoms. The first kappa shape index (κ1) is 12.7. The topological polar surface area (TPSA) is 37.8 Å². The second-order valence-electron chi connectivity index (χ2n) is 3.85. The molecule has 0 radical (unpaired) electrons. The van der Waals surface area contributed by atoms with Crippen LogP contribution in [0.3, 0.4) is 0 Å². The van der Waals surface area contributed by atoms with E-state index in [0.29, 0.717) is 5.92 Å². The predicted octanol–water partition coefficient (Wildman–Crippen LogP) is 3.20. The van der Waals surface area contributed by atoms with Crippen LogP contribution in [-0.4, -0.2) is 17.0 Å². The number of hydrogen-bond acceptors (Lipinski definition) is 3. The minimum Gasteiger partial charge on any atom is -0.372 e. The quantitative estimate of drug-likeness (QED) is 0.866. The summed E-state index contributed by atoms with van der Waals surface area (Å²) >= 11 is 2.32. The number of halogens is 1. The molecule has 15 heavy (non-hydrogen) atoms. The third-order valence-corrected chi connectivity index (χ3v) is 3.31. The molecule has 0 aliphatic carbocycles. The van der Waals surface area contributed by atoms with E-state index in [4.69, 9.17) is 0 Å². The average Bonchev–Trinajstić information content (AvgIpc) is 2.21. The summed E-state index contributed by atoms with van der Waals surface area (Å²) in [5.74, 6) is 2.27. The highest BCUT2D eigenvalue weighted by Gasteiger charge is 2.12. The van der Waals surface area contributed by atoms with Crippen molar-refractivity contribution in [3.8, 4) is 0 Å². The summed E-state index contributed by atoms with van der Waals surface area (Å²) in [6.07, 6.45) is 2.14. The molecule has 1 aromatic rings. The summed E-state index contributed by atoms with van der Waals surface area (Å²) in [6, 6.07) is 0. The molecule has 0 bridgehead atoms. The fourth-order valence-corrected chi connectivity index (χ4v) is 2.12. The molecule has 0 fully saturated rings. The van der Waals surface area contributed by atoms with Crippen molar-refractivity contribution in [2.45, 2.75) is 39.5 Å². The van der Waals surface area contributed by atoms with Crippen molar-refractivity contribution in [2.75, 3.05) is 12.4 Å². The van der Waals surface area contributed by atoms with Gasteiger partial charge in [0.05, 0.1) is 9.26 Å². The molecule has 0 aliphatic heterocycles. The minimum atomic E-state index is 0.379. The van der Waals surface area contributed by atoms with E-state index in [1.165, 1.54) is 5.69 Å². The third-order valence-electron chi connectivity index (χ3n) is 2.18. The lowest BCUT2D eigenvalue weighted by molar-refractivity contribution is 0.746. The van der Waals surface area contributed by atoms with Gasteiger partial charge in [0.25, 0.3) is 0 Å². The lowest BCUT2D eigenvalue weighted by Gasteiger charge is -2.12. The van der Waals surface area contributed by atoms with Gasteiger partial charge in [0.2, 0.25) is 0 Å². The van der Waals surface area contributed by atoms with Crippen molar-refractivity contribution in [2.24, 2.45) is 0 Å². The molecule has 0 saturated carbocycles. The zero-order chi connectivity index (χ0) is 11.4. The zero-order valence-electron chi connectivity index (χ0n) is 9.76. The second kappa shape index (κ2) is 5.63. The lowest BCUT2D eigenvalue weighted by atomic mass is 10.2. The highest BCUT2D eigenvalue weighted by molar-refractivity contribution is 14.1. The van der Waals surface area contributed by atoms with Gasteiger partial charge in [-0.05, 0) is 29.0 Å². The van der Waals surface area contributed by atoms with Crippen LogP contribution in [0.1, 0.15) is 44.6 Å². The highest BCUT2D eigenvalue weighted by Crippen LogP contribution is 2.22. The summed E-state index contributed by atoms with van der Waals surface area (Å²) in [5.41, 5.74) is 1.17. The van der Waals surface area contributed by atoms with Crippen LogP contribution in [0.25, 0.3) is 0 Å². The van der Waals surface area contributed by atoms with Gasteiger partial charge in [0.15, 0.2) is 0 Å². The van der Waals surface area contributed by atoms with Crippen molar-refractivity contribution in [1.29, 1.82) is 0 Å². The van der Waals surface area contributed by atoms with Gasteiger partial charge < -0.3 is 5.32 Å². The van der Waals surface area contributed by atoms with E-state index >= 15 is 0 Å². The molecular formula is C11H18IN3. The summed E-state index contributed by atoms with van der Waals surface area (Å²) in [5, 5.41) is 3.13. The van der Waals surface area contributed by atoms with Crippen LogP contribution < -0.4 is 5.32 Å².